The van der Waals surface area contributed by atoms with Gasteiger partial charge in [-0.3, -0.25) is 4.98 Å². The molecule has 2 bridgehead atoms. The monoisotopic (exact) mass is 514 g/mol. The van der Waals surface area contributed by atoms with Crippen LogP contribution in [0.25, 0.3) is 16.6 Å². The van der Waals surface area contributed by atoms with Crippen LogP contribution < -0.4 is 15.0 Å². The van der Waals surface area contributed by atoms with Crippen LogP contribution in [0.15, 0.2) is 55.1 Å². The molecule has 2 fully saturated rings. The minimum Gasteiger partial charge on any atom is -0.480 e. The summed E-state index contributed by atoms with van der Waals surface area (Å²) in [4.78, 5) is 29.9. The molecule has 0 radical (unpaired) electrons. The maximum Gasteiger partial charge on any atom is 0.410 e. The van der Waals surface area contributed by atoms with Crippen LogP contribution in [0.4, 0.5) is 22.1 Å². The van der Waals surface area contributed by atoms with Gasteiger partial charge in [0.15, 0.2) is 5.82 Å². The van der Waals surface area contributed by atoms with E-state index in [-0.39, 0.29) is 18.2 Å². The standard InChI is InChI=1S/C27H30N8O3/c1-27(2,3)38-26(36)34-16-18-11-19(34)15-33(18)22-12-17(13-30-25(22)37-4)35-21-8-6-5-7-20(21)24(32-35)31-23-14-28-9-10-29-23/h5-10,12-14,18-19H,11,15-16H2,1-4H3,(H,29,31,32)/t18-,19-/m0/s1. The number of rotatable bonds is 5. The smallest absolute Gasteiger partial charge is 0.410 e. The number of fused-ring (bicyclic) bond motifs is 3. The van der Waals surface area contributed by atoms with Crippen molar-refractivity contribution >= 4 is 34.3 Å². The zero-order valence-corrected chi connectivity index (χ0v) is 21.8. The van der Waals surface area contributed by atoms with Gasteiger partial charge >= 0.3 is 6.09 Å². The molecule has 3 aromatic heterocycles. The van der Waals surface area contributed by atoms with Gasteiger partial charge in [-0.25, -0.2) is 19.4 Å². The topological polar surface area (TPSA) is 111 Å². The molecule has 0 unspecified atom stereocenters. The first-order chi connectivity index (χ1) is 18.3. The molecule has 0 aliphatic carbocycles. The van der Waals surface area contributed by atoms with Crippen LogP contribution in [-0.4, -0.2) is 73.6 Å². The molecule has 0 spiro atoms. The Morgan fingerprint density at radius 2 is 1.92 bits per heavy atom. The van der Waals surface area contributed by atoms with Crippen LogP contribution in [0.3, 0.4) is 0 Å². The Hall–Kier alpha value is -4.41. The number of ether oxygens (including phenoxy) is 2. The van der Waals surface area contributed by atoms with Gasteiger partial charge in [-0.2, -0.15) is 0 Å². The number of para-hydroxylation sites is 1. The fraction of sp³-hybridized carbons (Fsp3) is 0.370. The van der Waals surface area contributed by atoms with Crippen molar-refractivity contribution in [2.75, 3.05) is 30.4 Å². The molecule has 1 aromatic carbocycles. The van der Waals surface area contributed by atoms with E-state index >= 15 is 0 Å². The highest BCUT2D eigenvalue weighted by atomic mass is 16.6. The molecule has 1 N–H and O–H groups in total. The van der Waals surface area contributed by atoms with Gasteiger partial charge in [-0.15, -0.1) is 5.10 Å². The predicted octanol–water partition coefficient (Wildman–Crippen LogP) is 4.16. The second-order valence-electron chi connectivity index (χ2n) is 10.5. The highest BCUT2D eigenvalue weighted by Gasteiger charge is 2.47. The fourth-order valence-electron chi connectivity index (χ4n) is 5.26. The Balaban J connectivity index is 1.32. The highest BCUT2D eigenvalue weighted by molar-refractivity contribution is 5.92. The van der Waals surface area contributed by atoms with Crippen LogP contribution in [0.1, 0.15) is 27.2 Å². The van der Waals surface area contributed by atoms with Crippen LogP contribution >= 0.6 is 0 Å². The summed E-state index contributed by atoms with van der Waals surface area (Å²) in [7, 11) is 1.62. The number of anilines is 3. The highest BCUT2D eigenvalue weighted by Crippen LogP contribution is 2.40. The summed E-state index contributed by atoms with van der Waals surface area (Å²) in [6.07, 6.45) is 7.30. The van der Waals surface area contributed by atoms with Gasteiger partial charge in [-0.1, -0.05) is 12.1 Å². The maximum atomic E-state index is 12.7. The lowest BCUT2D eigenvalue weighted by Gasteiger charge is -2.36. The van der Waals surface area contributed by atoms with Crippen molar-refractivity contribution in [2.24, 2.45) is 0 Å². The van der Waals surface area contributed by atoms with E-state index in [1.165, 1.54) is 0 Å². The number of nitrogens with zero attached hydrogens (tertiary/aromatic N) is 7. The molecule has 0 saturated carbocycles. The van der Waals surface area contributed by atoms with Gasteiger partial charge < -0.3 is 24.6 Å². The summed E-state index contributed by atoms with van der Waals surface area (Å²) in [5, 5.41) is 9.08. The van der Waals surface area contributed by atoms with Crippen molar-refractivity contribution in [1.29, 1.82) is 0 Å². The molecule has 2 saturated heterocycles. The summed E-state index contributed by atoms with van der Waals surface area (Å²) in [5.74, 6) is 1.82. The minimum atomic E-state index is -0.520. The number of amides is 1. The van der Waals surface area contributed by atoms with E-state index in [9.17, 15) is 4.79 Å². The van der Waals surface area contributed by atoms with E-state index in [1.54, 1.807) is 31.9 Å². The summed E-state index contributed by atoms with van der Waals surface area (Å²) in [5.41, 5.74) is 2.09. The number of nitrogens with one attached hydrogen (secondary N) is 1. The Kier molecular flexibility index (Phi) is 5.77. The third-order valence-corrected chi connectivity index (χ3v) is 6.83. The molecule has 5 heterocycles. The lowest BCUT2D eigenvalue weighted by molar-refractivity contribution is 0.0214. The Morgan fingerprint density at radius 3 is 2.63 bits per heavy atom. The number of piperazine rings is 1. The van der Waals surface area contributed by atoms with Gasteiger partial charge in [0.25, 0.3) is 0 Å². The van der Waals surface area contributed by atoms with E-state index in [0.717, 1.165) is 28.7 Å². The van der Waals surface area contributed by atoms with Gasteiger partial charge in [0.05, 0.1) is 36.7 Å². The minimum absolute atomic E-state index is 0.0801. The lowest BCUT2D eigenvalue weighted by atomic mass is 10.2. The number of benzene rings is 1. The molecule has 1 amide bonds. The van der Waals surface area contributed by atoms with Crippen molar-refractivity contribution in [3.05, 3.63) is 55.1 Å². The quantitative estimate of drug-likeness (QED) is 0.420. The van der Waals surface area contributed by atoms with Gasteiger partial charge in [0.2, 0.25) is 5.88 Å². The number of carbonyl (C=O) groups excluding carboxylic acids is 1. The fourth-order valence-corrected chi connectivity index (χ4v) is 5.26. The van der Waals surface area contributed by atoms with Crippen LogP contribution in [0.2, 0.25) is 0 Å². The Labute approximate surface area is 220 Å². The van der Waals surface area contributed by atoms with Crippen molar-refractivity contribution in [2.45, 2.75) is 44.9 Å². The molecule has 4 aromatic rings. The number of pyridine rings is 1. The molecular weight excluding hydrogens is 484 g/mol. The average molecular weight is 515 g/mol. The second-order valence-corrected chi connectivity index (χ2v) is 10.5. The van der Waals surface area contributed by atoms with E-state index in [1.807, 2.05) is 54.6 Å². The molecule has 2 aliphatic rings. The summed E-state index contributed by atoms with van der Waals surface area (Å²) >= 11 is 0. The molecule has 11 heteroatoms. The van der Waals surface area contributed by atoms with Crippen molar-refractivity contribution in [3.63, 3.8) is 0 Å². The summed E-state index contributed by atoms with van der Waals surface area (Å²) in [6.45, 7) is 6.96. The molecule has 2 atom stereocenters. The van der Waals surface area contributed by atoms with E-state index in [2.05, 4.69) is 31.2 Å². The Morgan fingerprint density at radius 1 is 1.08 bits per heavy atom. The van der Waals surface area contributed by atoms with E-state index in [0.29, 0.717) is 30.6 Å². The number of methoxy groups -OCH3 is 1. The maximum absolute atomic E-state index is 12.7. The first-order valence-corrected chi connectivity index (χ1v) is 12.6. The average Bonchev–Trinajstić information content (AvgIpc) is 3.61. The Bertz CT molecular complexity index is 1480. The van der Waals surface area contributed by atoms with Crippen LogP contribution in [-0.2, 0) is 4.74 Å². The lowest BCUT2D eigenvalue weighted by Crippen LogP contribution is -2.50. The zero-order valence-electron chi connectivity index (χ0n) is 21.8. The number of hydrogen-bond acceptors (Lipinski definition) is 9. The van der Waals surface area contributed by atoms with E-state index in [4.69, 9.17) is 14.6 Å². The third kappa shape index (κ3) is 4.33. The number of hydrogen-bond donors (Lipinski definition) is 1. The van der Waals surface area contributed by atoms with Crippen LogP contribution in [0, 0.1) is 0 Å². The van der Waals surface area contributed by atoms with Crippen molar-refractivity contribution < 1.29 is 14.3 Å². The van der Waals surface area contributed by atoms with Crippen LogP contribution in [0.5, 0.6) is 5.88 Å². The summed E-state index contributed by atoms with van der Waals surface area (Å²) < 4.78 is 13.1. The predicted molar refractivity (Wildman–Crippen MR) is 143 cm³/mol. The van der Waals surface area contributed by atoms with Gasteiger partial charge in [-0.05, 0) is 45.4 Å². The van der Waals surface area contributed by atoms with Gasteiger partial charge in [0.1, 0.15) is 17.1 Å². The van der Waals surface area contributed by atoms with E-state index < -0.39 is 5.60 Å². The normalized spacial score (nSPS) is 18.7. The largest absolute Gasteiger partial charge is 0.480 e. The first-order valence-electron chi connectivity index (χ1n) is 12.6. The molecule has 6 rings (SSSR count). The first kappa shape index (κ1) is 24.0. The molecule has 38 heavy (non-hydrogen) atoms. The zero-order chi connectivity index (χ0) is 26.4. The van der Waals surface area contributed by atoms with Gasteiger partial charge in [0, 0.05) is 36.9 Å². The number of carbonyl (C=O) groups is 1. The third-order valence-electron chi connectivity index (χ3n) is 6.83. The molecular formula is C27H30N8O3. The van der Waals surface area contributed by atoms with Crippen molar-refractivity contribution in [1.82, 2.24) is 29.6 Å². The summed E-state index contributed by atoms with van der Waals surface area (Å²) in [6, 6.07) is 10.3. The van der Waals surface area contributed by atoms with Crippen molar-refractivity contribution in [3.8, 4) is 11.6 Å². The SMILES string of the molecule is COc1ncc(-n2nc(Nc3cnccn3)c3ccccc32)cc1N1C[C@@H]2C[C@H]1CN2C(=O)OC(C)(C)C. The molecule has 2 aliphatic heterocycles. The molecule has 11 nitrogen and oxygen atoms in total. The number of aromatic nitrogens is 5. The number of likely N-dealkylation sites (tertiary alicyclic amines) is 1. The molecule has 196 valence electrons. The second kappa shape index (κ2) is 9.16.